The molecule has 0 aliphatic heterocycles. The van der Waals surface area contributed by atoms with E-state index in [1.807, 2.05) is 24.3 Å². The number of hydrogen-bond donors (Lipinski definition) is 0. The van der Waals surface area contributed by atoms with Crippen molar-refractivity contribution in [2.75, 3.05) is 0 Å². The number of fused-ring (bicyclic) bond motifs is 1. The highest BCUT2D eigenvalue weighted by Crippen LogP contribution is 2.27. The molecule has 0 radical (unpaired) electrons. The minimum atomic E-state index is 0.122. The van der Waals surface area contributed by atoms with Crippen LogP contribution in [0.1, 0.15) is 41.3 Å². The van der Waals surface area contributed by atoms with E-state index in [0.717, 1.165) is 5.56 Å². The Morgan fingerprint density at radius 2 is 1.47 bits per heavy atom. The van der Waals surface area contributed by atoms with Gasteiger partial charge in [-0.15, -0.1) is 0 Å². The van der Waals surface area contributed by atoms with Gasteiger partial charge in [0.15, 0.2) is 5.78 Å². The van der Waals surface area contributed by atoms with Crippen molar-refractivity contribution in [3.63, 3.8) is 0 Å². The summed E-state index contributed by atoms with van der Waals surface area (Å²) in [7, 11) is 0. The first-order valence-corrected chi connectivity index (χ1v) is 6.97. The Kier molecular flexibility index (Phi) is 3.20. The van der Waals surface area contributed by atoms with Crippen molar-refractivity contribution in [1.82, 2.24) is 0 Å². The fraction of sp³-hybridized carbons (Fsp3) is 0.278. The van der Waals surface area contributed by atoms with E-state index in [0.29, 0.717) is 0 Å². The molecule has 0 unspecified atom stereocenters. The van der Waals surface area contributed by atoms with Crippen LogP contribution in [-0.4, -0.2) is 5.78 Å². The molecule has 0 spiro atoms. The van der Waals surface area contributed by atoms with Crippen molar-refractivity contribution in [1.29, 1.82) is 0 Å². The van der Waals surface area contributed by atoms with Crippen molar-refractivity contribution < 1.29 is 4.79 Å². The lowest BCUT2D eigenvalue weighted by Crippen LogP contribution is -2.02. The maximum Gasteiger partial charge on any atom is 0.159 e. The van der Waals surface area contributed by atoms with Crippen LogP contribution in [0.4, 0.5) is 0 Å². The molecule has 1 heteroatoms. The number of Topliss-reactive ketones (excluding diaryl/α,β-unsaturated/α-hetero) is 1. The van der Waals surface area contributed by atoms with Crippen LogP contribution in [0.3, 0.4) is 0 Å². The smallest absolute Gasteiger partial charge is 0.159 e. The van der Waals surface area contributed by atoms with Gasteiger partial charge >= 0.3 is 0 Å². The molecule has 0 amide bonds. The molecule has 0 fully saturated rings. The van der Waals surface area contributed by atoms with Gasteiger partial charge in [0, 0.05) is 5.56 Å². The number of benzene rings is 2. The van der Waals surface area contributed by atoms with Gasteiger partial charge in [0.1, 0.15) is 0 Å². The monoisotopic (exact) mass is 250 g/mol. The Balaban J connectivity index is 1.95. The average Bonchev–Trinajstić information content (AvgIpc) is 2.47. The van der Waals surface area contributed by atoms with E-state index in [1.54, 1.807) is 6.92 Å². The zero-order valence-electron chi connectivity index (χ0n) is 11.3. The Hall–Kier alpha value is -1.89. The second-order valence-electron chi connectivity index (χ2n) is 5.32. The van der Waals surface area contributed by atoms with E-state index in [2.05, 4.69) is 18.2 Å². The summed E-state index contributed by atoms with van der Waals surface area (Å²) in [6, 6.07) is 14.7. The molecule has 0 heterocycles. The molecule has 0 bridgehead atoms. The lowest BCUT2D eigenvalue weighted by atomic mass is 9.89. The highest BCUT2D eigenvalue weighted by Gasteiger charge is 2.10. The van der Waals surface area contributed by atoms with Crippen LogP contribution in [0.2, 0.25) is 0 Å². The van der Waals surface area contributed by atoms with Crippen LogP contribution in [0, 0.1) is 0 Å². The molecule has 0 aromatic heterocycles. The molecule has 0 saturated heterocycles. The first-order valence-electron chi connectivity index (χ1n) is 6.97. The van der Waals surface area contributed by atoms with E-state index in [9.17, 15) is 4.79 Å². The minimum Gasteiger partial charge on any atom is -0.295 e. The second kappa shape index (κ2) is 5.00. The van der Waals surface area contributed by atoms with Gasteiger partial charge in [0.2, 0.25) is 0 Å². The molecular weight excluding hydrogens is 232 g/mol. The number of hydrogen-bond acceptors (Lipinski definition) is 1. The average molecular weight is 250 g/mol. The van der Waals surface area contributed by atoms with Gasteiger partial charge in [-0.2, -0.15) is 0 Å². The summed E-state index contributed by atoms with van der Waals surface area (Å²) in [5, 5.41) is 0. The molecule has 0 saturated carbocycles. The van der Waals surface area contributed by atoms with Gasteiger partial charge in [-0.05, 0) is 54.9 Å². The fourth-order valence-electron chi connectivity index (χ4n) is 2.81. The van der Waals surface area contributed by atoms with Crippen LogP contribution < -0.4 is 0 Å². The van der Waals surface area contributed by atoms with E-state index < -0.39 is 0 Å². The predicted molar refractivity (Wildman–Crippen MR) is 78.5 cm³/mol. The molecule has 2 aromatic carbocycles. The topological polar surface area (TPSA) is 17.1 Å². The molecule has 1 nitrogen and oxygen atoms in total. The second-order valence-corrected chi connectivity index (χ2v) is 5.32. The maximum absolute atomic E-state index is 11.3. The SMILES string of the molecule is CC(=O)c1ccc(-c2ccc3c(c2)CCCC3)cc1. The first kappa shape index (κ1) is 12.2. The van der Waals surface area contributed by atoms with Crippen molar-refractivity contribution in [2.45, 2.75) is 32.6 Å². The van der Waals surface area contributed by atoms with Gasteiger partial charge in [-0.1, -0.05) is 42.5 Å². The zero-order chi connectivity index (χ0) is 13.2. The molecule has 2 aromatic rings. The number of carbonyl (C=O) groups is 1. The third-order valence-corrected chi connectivity index (χ3v) is 3.97. The highest BCUT2D eigenvalue weighted by molar-refractivity contribution is 5.94. The summed E-state index contributed by atoms with van der Waals surface area (Å²) in [6.45, 7) is 1.61. The van der Waals surface area contributed by atoms with Gasteiger partial charge in [-0.25, -0.2) is 0 Å². The minimum absolute atomic E-state index is 0.122. The summed E-state index contributed by atoms with van der Waals surface area (Å²) in [5.41, 5.74) is 6.24. The summed E-state index contributed by atoms with van der Waals surface area (Å²) in [6.07, 6.45) is 5.05. The molecule has 0 N–H and O–H groups in total. The molecular formula is C18H18O. The lowest BCUT2D eigenvalue weighted by Gasteiger charge is -2.16. The van der Waals surface area contributed by atoms with E-state index in [-0.39, 0.29) is 5.78 Å². The molecule has 0 atom stereocenters. The Labute approximate surface area is 114 Å². The quantitative estimate of drug-likeness (QED) is 0.720. The molecule has 3 rings (SSSR count). The number of carbonyl (C=O) groups excluding carboxylic acids is 1. The van der Waals surface area contributed by atoms with Crippen LogP contribution >= 0.6 is 0 Å². The Morgan fingerprint density at radius 3 is 2.16 bits per heavy atom. The van der Waals surface area contributed by atoms with E-state index >= 15 is 0 Å². The first-order chi connectivity index (χ1) is 9.24. The summed E-state index contributed by atoms with van der Waals surface area (Å²) in [5.74, 6) is 0.122. The molecule has 1 aliphatic rings. The molecule has 96 valence electrons. The van der Waals surface area contributed by atoms with Gasteiger partial charge < -0.3 is 0 Å². The zero-order valence-corrected chi connectivity index (χ0v) is 11.3. The number of aryl methyl sites for hydroxylation is 2. The van der Waals surface area contributed by atoms with Crippen molar-refractivity contribution in [2.24, 2.45) is 0 Å². The van der Waals surface area contributed by atoms with Crippen LogP contribution in [0.15, 0.2) is 42.5 Å². The highest BCUT2D eigenvalue weighted by atomic mass is 16.1. The summed E-state index contributed by atoms with van der Waals surface area (Å²) >= 11 is 0. The van der Waals surface area contributed by atoms with E-state index in [1.165, 1.54) is 47.9 Å². The number of ketones is 1. The molecule has 1 aliphatic carbocycles. The Morgan fingerprint density at radius 1 is 0.842 bits per heavy atom. The standard InChI is InChI=1S/C18H18O/c1-13(19)14-6-8-16(9-7-14)18-11-10-15-4-2-3-5-17(15)12-18/h6-12H,2-5H2,1H3. The van der Waals surface area contributed by atoms with Crippen molar-refractivity contribution in [3.05, 3.63) is 59.2 Å². The lowest BCUT2D eigenvalue weighted by molar-refractivity contribution is 0.101. The third kappa shape index (κ3) is 2.46. The van der Waals surface area contributed by atoms with Crippen LogP contribution in [0.5, 0.6) is 0 Å². The third-order valence-electron chi connectivity index (χ3n) is 3.97. The van der Waals surface area contributed by atoms with Gasteiger partial charge in [0.05, 0.1) is 0 Å². The van der Waals surface area contributed by atoms with Crippen molar-refractivity contribution >= 4 is 5.78 Å². The summed E-state index contributed by atoms with van der Waals surface area (Å²) in [4.78, 5) is 11.3. The van der Waals surface area contributed by atoms with Crippen LogP contribution in [0.25, 0.3) is 11.1 Å². The largest absolute Gasteiger partial charge is 0.295 e. The van der Waals surface area contributed by atoms with Gasteiger partial charge in [0.25, 0.3) is 0 Å². The Bertz CT molecular complexity index is 608. The maximum atomic E-state index is 11.3. The predicted octanol–water partition coefficient (Wildman–Crippen LogP) is 4.44. The normalized spacial score (nSPS) is 13.9. The van der Waals surface area contributed by atoms with Crippen LogP contribution in [-0.2, 0) is 12.8 Å². The molecule has 19 heavy (non-hydrogen) atoms. The van der Waals surface area contributed by atoms with Crippen molar-refractivity contribution in [3.8, 4) is 11.1 Å². The summed E-state index contributed by atoms with van der Waals surface area (Å²) < 4.78 is 0. The fourth-order valence-corrected chi connectivity index (χ4v) is 2.81. The van der Waals surface area contributed by atoms with Gasteiger partial charge in [-0.3, -0.25) is 4.79 Å². The number of rotatable bonds is 2. The van der Waals surface area contributed by atoms with E-state index in [4.69, 9.17) is 0 Å².